The summed E-state index contributed by atoms with van der Waals surface area (Å²) in [4.78, 5) is 33.8. The smallest absolute Gasteiger partial charge is 0.321 e. The van der Waals surface area contributed by atoms with Crippen molar-refractivity contribution in [3.8, 4) is 17.0 Å². The van der Waals surface area contributed by atoms with Gasteiger partial charge in [0.2, 0.25) is 5.88 Å². The van der Waals surface area contributed by atoms with Gasteiger partial charge in [0.25, 0.3) is 5.91 Å². The number of ether oxygens (including phenoxy) is 1. The highest BCUT2D eigenvalue weighted by Crippen LogP contribution is 2.30. The fourth-order valence-corrected chi connectivity index (χ4v) is 4.23. The van der Waals surface area contributed by atoms with Crippen LogP contribution in [0.3, 0.4) is 0 Å². The molecule has 3 aromatic rings. The molecule has 0 fully saturated rings. The van der Waals surface area contributed by atoms with Crippen molar-refractivity contribution >= 4 is 17.6 Å². The lowest BCUT2D eigenvalue weighted by Gasteiger charge is -2.37. The number of carbonyl (C=O) groups is 2. The summed E-state index contributed by atoms with van der Waals surface area (Å²) in [5, 5.41) is 12.6. The summed E-state index contributed by atoms with van der Waals surface area (Å²) in [7, 11) is 1.61. The van der Waals surface area contributed by atoms with E-state index in [1.807, 2.05) is 6.92 Å². The molecule has 10 heteroatoms. The summed E-state index contributed by atoms with van der Waals surface area (Å²) in [6.45, 7) is 3.87. The number of nitrogens with zero attached hydrogens (tertiary/aromatic N) is 3. The number of rotatable bonds is 6. The van der Waals surface area contributed by atoms with Gasteiger partial charge in [-0.05, 0) is 55.0 Å². The van der Waals surface area contributed by atoms with E-state index < -0.39 is 24.0 Å². The van der Waals surface area contributed by atoms with Crippen LogP contribution in [-0.2, 0) is 0 Å². The van der Waals surface area contributed by atoms with Gasteiger partial charge in [-0.25, -0.2) is 18.6 Å². The van der Waals surface area contributed by atoms with Crippen molar-refractivity contribution in [1.82, 2.24) is 14.8 Å². The van der Waals surface area contributed by atoms with E-state index in [4.69, 9.17) is 4.74 Å². The van der Waals surface area contributed by atoms with Crippen LogP contribution in [0.4, 0.5) is 19.3 Å². The molecule has 0 spiro atoms. The second-order valence-electron chi connectivity index (χ2n) is 9.52. The van der Waals surface area contributed by atoms with Crippen molar-refractivity contribution in [2.75, 3.05) is 32.1 Å². The Morgan fingerprint density at radius 3 is 2.42 bits per heavy atom. The van der Waals surface area contributed by atoms with Crippen LogP contribution < -0.4 is 10.1 Å². The standard InChI is InChI=1S/C28H30F2N4O4/c1-17-14-34(18(2)16-35)27(36)24-12-20(19-4-6-21(29)7-5-19)13-31-26(24)38-25(17)15-33(3)28(37)32-23-10-8-22(30)9-11-23/h4-13,17-18,25,35H,14-16H2,1-3H3,(H,32,37)/t17-,18+,25-/m1/s1. The first-order valence-electron chi connectivity index (χ1n) is 12.3. The molecule has 1 aliphatic heterocycles. The topological polar surface area (TPSA) is 95.0 Å². The summed E-state index contributed by atoms with van der Waals surface area (Å²) in [5.41, 5.74) is 1.95. The molecule has 1 aliphatic rings. The second-order valence-corrected chi connectivity index (χ2v) is 9.52. The van der Waals surface area contributed by atoms with E-state index in [1.165, 1.54) is 41.3 Å². The SMILES string of the molecule is C[C@@H]1CN([C@@H](C)CO)C(=O)c2cc(-c3ccc(F)cc3)cnc2O[C@@H]1CN(C)C(=O)Nc1ccc(F)cc1. The van der Waals surface area contributed by atoms with Crippen LogP contribution in [0.15, 0.2) is 60.8 Å². The minimum absolute atomic E-state index is 0.111. The van der Waals surface area contributed by atoms with E-state index >= 15 is 0 Å². The first kappa shape index (κ1) is 27.0. The fourth-order valence-electron chi connectivity index (χ4n) is 4.23. The van der Waals surface area contributed by atoms with Crippen molar-refractivity contribution in [3.05, 3.63) is 78.0 Å². The first-order valence-corrected chi connectivity index (χ1v) is 12.3. The third-order valence-electron chi connectivity index (χ3n) is 6.59. The molecule has 0 saturated heterocycles. The molecular weight excluding hydrogens is 494 g/mol. The minimum Gasteiger partial charge on any atom is -0.472 e. The lowest BCUT2D eigenvalue weighted by Crippen LogP contribution is -2.50. The Bertz CT molecular complexity index is 1290. The van der Waals surface area contributed by atoms with Crippen LogP contribution in [0, 0.1) is 17.6 Å². The lowest BCUT2D eigenvalue weighted by atomic mass is 9.99. The Morgan fingerprint density at radius 2 is 1.79 bits per heavy atom. The van der Waals surface area contributed by atoms with Gasteiger partial charge in [-0.3, -0.25) is 4.79 Å². The number of urea groups is 1. The molecular formula is C28H30F2N4O4. The third kappa shape index (κ3) is 6.08. The van der Waals surface area contributed by atoms with Gasteiger partial charge in [-0.15, -0.1) is 0 Å². The molecule has 1 aromatic heterocycles. The number of fused-ring (bicyclic) bond motifs is 1. The zero-order valence-electron chi connectivity index (χ0n) is 21.4. The normalized spacial score (nSPS) is 18.1. The number of hydrogen-bond acceptors (Lipinski definition) is 5. The van der Waals surface area contributed by atoms with Crippen molar-refractivity contribution in [2.24, 2.45) is 5.92 Å². The van der Waals surface area contributed by atoms with Gasteiger partial charge in [0.05, 0.1) is 19.2 Å². The molecule has 2 aromatic carbocycles. The van der Waals surface area contributed by atoms with E-state index in [0.29, 0.717) is 16.8 Å². The Morgan fingerprint density at radius 1 is 1.16 bits per heavy atom. The van der Waals surface area contributed by atoms with Gasteiger partial charge in [0.15, 0.2) is 0 Å². The first-order chi connectivity index (χ1) is 18.2. The molecule has 0 bridgehead atoms. The summed E-state index contributed by atoms with van der Waals surface area (Å²) < 4.78 is 32.9. The largest absolute Gasteiger partial charge is 0.472 e. The van der Waals surface area contributed by atoms with Crippen molar-refractivity contribution in [2.45, 2.75) is 26.0 Å². The molecule has 2 N–H and O–H groups in total. The number of amides is 3. The molecule has 0 radical (unpaired) electrons. The number of halogens is 2. The van der Waals surface area contributed by atoms with Crippen LogP contribution in [0.5, 0.6) is 5.88 Å². The molecule has 2 heterocycles. The van der Waals surface area contributed by atoms with Crippen LogP contribution in [0.25, 0.3) is 11.1 Å². The average molecular weight is 525 g/mol. The maximum absolute atomic E-state index is 13.6. The van der Waals surface area contributed by atoms with E-state index in [1.54, 1.807) is 43.3 Å². The predicted molar refractivity (Wildman–Crippen MR) is 139 cm³/mol. The second kappa shape index (κ2) is 11.6. The molecule has 0 saturated carbocycles. The number of hydrogen-bond donors (Lipinski definition) is 2. The number of aromatic nitrogens is 1. The predicted octanol–water partition coefficient (Wildman–Crippen LogP) is 4.41. The highest BCUT2D eigenvalue weighted by atomic mass is 19.1. The van der Waals surface area contributed by atoms with Gasteiger partial charge in [0, 0.05) is 37.0 Å². The summed E-state index contributed by atoms with van der Waals surface area (Å²) in [6, 6.07) is 12.1. The Hall–Kier alpha value is -4.05. The minimum atomic E-state index is -0.539. The van der Waals surface area contributed by atoms with E-state index in [-0.39, 0.29) is 48.8 Å². The van der Waals surface area contributed by atoms with Crippen LogP contribution in [0.1, 0.15) is 24.2 Å². The molecule has 3 amide bonds. The monoisotopic (exact) mass is 524 g/mol. The Kier molecular flexibility index (Phi) is 8.21. The van der Waals surface area contributed by atoms with Gasteiger partial charge in [-0.2, -0.15) is 0 Å². The average Bonchev–Trinajstić information content (AvgIpc) is 2.91. The van der Waals surface area contributed by atoms with Crippen molar-refractivity contribution in [1.29, 1.82) is 0 Å². The maximum atomic E-state index is 13.6. The zero-order valence-corrected chi connectivity index (χ0v) is 21.4. The number of likely N-dealkylation sites (N-methyl/N-ethyl adjacent to an activating group) is 1. The zero-order chi connectivity index (χ0) is 27.4. The Balaban J connectivity index is 1.62. The molecule has 4 rings (SSSR count). The Labute approximate surface area is 219 Å². The molecule has 3 atom stereocenters. The third-order valence-corrected chi connectivity index (χ3v) is 6.59. The number of benzene rings is 2. The van der Waals surface area contributed by atoms with Crippen LogP contribution >= 0.6 is 0 Å². The molecule has 0 unspecified atom stereocenters. The number of aliphatic hydroxyl groups is 1. The number of aliphatic hydroxyl groups excluding tert-OH is 1. The summed E-state index contributed by atoms with van der Waals surface area (Å²) >= 11 is 0. The number of carbonyl (C=O) groups excluding carboxylic acids is 2. The van der Waals surface area contributed by atoms with Crippen molar-refractivity contribution in [3.63, 3.8) is 0 Å². The molecule has 8 nitrogen and oxygen atoms in total. The highest BCUT2D eigenvalue weighted by molar-refractivity contribution is 5.98. The van der Waals surface area contributed by atoms with Crippen molar-refractivity contribution < 1.29 is 28.2 Å². The molecule has 200 valence electrons. The highest BCUT2D eigenvalue weighted by Gasteiger charge is 2.34. The molecule has 0 aliphatic carbocycles. The lowest BCUT2D eigenvalue weighted by molar-refractivity contribution is 0.0356. The van der Waals surface area contributed by atoms with Gasteiger partial charge >= 0.3 is 6.03 Å². The van der Waals surface area contributed by atoms with Gasteiger partial charge in [-0.1, -0.05) is 19.1 Å². The number of anilines is 1. The van der Waals surface area contributed by atoms with E-state index in [0.717, 1.165) is 0 Å². The van der Waals surface area contributed by atoms with E-state index in [9.17, 15) is 23.5 Å². The quantitative estimate of drug-likeness (QED) is 0.498. The van der Waals surface area contributed by atoms with E-state index in [2.05, 4.69) is 10.3 Å². The summed E-state index contributed by atoms with van der Waals surface area (Å²) in [5.74, 6) is -1.23. The van der Waals surface area contributed by atoms with Gasteiger partial charge < -0.3 is 25.0 Å². The van der Waals surface area contributed by atoms with Crippen LogP contribution in [0.2, 0.25) is 0 Å². The maximum Gasteiger partial charge on any atom is 0.321 e. The van der Waals surface area contributed by atoms with Gasteiger partial charge in [0.1, 0.15) is 23.3 Å². The number of pyridine rings is 1. The number of nitrogens with one attached hydrogen (secondary N) is 1. The molecule has 38 heavy (non-hydrogen) atoms. The van der Waals surface area contributed by atoms with Crippen LogP contribution in [-0.4, -0.2) is 70.7 Å². The summed E-state index contributed by atoms with van der Waals surface area (Å²) in [6.07, 6.45) is 1.01. The fraction of sp³-hybridized carbons (Fsp3) is 0.321.